The summed E-state index contributed by atoms with van der Waals surface area (Å²) in [5.41, 5.74) is 0. The van der Waals surface area contributed by atoms with Crippen molar-refractivity contribution >= 4 is 0 Å². The summed E-state index contributed by atoms with van der Waals surface area (Å²) in [4.78, 5) is 2.20. The number of nitrogens with zero attached hydrogens (tertiary/aromatic N) is 1. The van der Waals surface area contributed by atoms with Crippen molar-refractivity contribution in [2.75, 3.05) is 39.5 Å². The molecule has 0 spiro atoms. The van der Waals surface area contributed by atoms with Gasteiger partial charge in [-0.1, -0.05) is 13.8 Å². The van der Waals surface area contributed by atoms with Crippen LogP contribution in [0.3, 0.4) is 0 Å². The molecule has 0 aliphatic carbocycles. The topological polar surface area (TPSA) is 41.9 Å². The van der Waals surface area contributed by atoms with Gasteiger partial charge < -0.3 is 14.6 Å². The summed E-state index contributed by atoms with van der Waals surface area (Å²) < 4.78 is 10.8. The highest BCUT2D eigenvalue weighted by Gasteiger charge is 2.15. The highest BCUT2D eigenvalue weighted by Crippen LogP contribution is 2.02. The third-order valence-electron chi connectivity index (χ3n) is 2.07. The quantitative estimate of drug-likeness (QED) is 0.444. The Labute approximate surface area is 86.8 Å². The van der Waals surface area contributed by atoms with Gasteiger partial charge in [0, 0.05) is 6.61 Å². The van der Waals surface area contributed by atoms with Gasteiger partial charge in [0.05, 0.1) is 19.8 Å². The summed E-state index contributed by atoms with van der Waals surface area (Å²) in [6.45, 7) is 9.72. The van der Waals surface area contributed by atoms with Crippen LogP contribution in [0.2, 0.25) is 0 Å². The lowest BCUT2D eigenvalue weighted by atomic mass is 10.4. The van der Waals surface area contributed by atoms with E-state index in [4.69, 9.17) is 14.6 Å². The Morgan fingerprint density at radius 3 is 2.29 bits per heavy atom. The lowest BCUT2D eigenvalue weighted by Gasteiger charge is -2.28. The Hall–Kier alpha value is -0.160. The van der Waals surface area contributed by atoms with Crippen molar-refractivity contribution in [3.8, 4) is 0 Å². The molecule has 1 N–H and O–H groups in total. The van der Waals surface area contributed by atoms with E-state index in [0.717, 1.165) is 13.1 Å². The minimum Gasteiger partial charge on any atom is -0.394 e. The van der Waals surface area contributed by atoms with E-state index in [0.29, 0.717) is 19.8 Å². The first-order valence-electron chi connectivity index (χ1n) is 5.34. The van der Waals surface area contributed by atoms with E-state index in [1.54, 1.807) is 0 Å². The fraction of sp³-hybridized carbons (Fsp3) is 1.00. The number of rotatable bonds is 9. The van der Waals surface area contributed by atoms with Crippen molar-refractivity contribution in [2.45, 2.75) is 27.0 Å². The zero-order chi connectivity index (χ0) is 10.8. The van der Waals surface area contributed by atoms with Crippen molar-refractivity contribution in [3.05, 3.63) is 0 Å². The van der Waals surface area contributed by atoms with Crippen LogP contribution in [0.25, 0.3) is 0 Å². The third kappa shape index (κ3) is 5.54. The molecular formula is C10H23NO3. The molecule has 14 heavy (non-hydrogen) atoms. The zero-order valence-electron chi connectivity index (χ0n) is 9.53. The molecule has 0 heterocycles. The second-order valence-electron chi connectivity index (χ2n) is 2.93. The summed E-state index contributed by atoms with van der Waals surface area (Å²) in [5.74, 6) is 0. The minimum atomic E-state index is 0.0153. The predicted molar refractivity (Wildman–Crippen MR) is 56.2 cm³/mol. The average molecular weight is 205 g/mol. The minimum absolute atomic E-state index is 0.0153. The van der Waals surface area contributed by atoms with E-state index >= 15 is 0 Å². The largest absolute Gasteiger partial charge is 0.394 e. The average Bonchev–Trinajstić information content (AvgIpc) is 2.20. The van der Waals surface area contributed by atoms with Crippen LogP contribution in [0.4, 0.5) is 0 Å². The second kappa shape index (κ2) is 9.40. The van der Waals surface area contributed by atoms with Crippen molar-refractivity contribution in [1.29, 1.82) is 0 Å². The second-order valence-corrected chi connectivity index (χ2v) is 2.93. The van der Waals surface area contributed by atoms with Gasteiger partial charge in [-0.15, -0.1) is 0 Å². The number of hydrogen-bond acceptors (Lipinski definition) is 4. The molecule has 0 aromatic rings. The van der Waals surface area contributed by atoms with E-state index in [2.05, 4.69) is 18.7 Å². The molecule has 0 aliphatic heterocycles. The lowest BCUT2D eigenvalue weighted by molar-refractivity contribution is -0.0984. The highest BCUT2D eigenvalue weighted by atomic mass is 16.5. The monoisotopic (exact) mass is 205 g/mol. The van der Waals surface area contributed by atoms with Crippen LogP contribution in [0.5, 0.6) is 0 Å². The van der Waals surface area contributed by atoms with Crippen molar-refractivity contribution in [1.82, 2.24) is 4.90 Å². The molecule has 86 valence electrons. The molecule has 0 saturated carbocycles. The number of ether oxygens (including phenoxy) is 2. The Bertz CT molecular complexity index is 118. The van der Waals surface area contributed by atoms with E-state index < -0.39 is 0 Å². The van der Waals surface area contributed by atoms with Crippen LogP contribution < -0.4 is 0 Å². The predicted octanol–water partition coefficient (Wildman–Crippen LogP) is 0.700. The maximum atomic E-state index is 8.58. The zero-order valence-corrected chi connectivity index (χ0v) is 9.53. The molecule has 0 bridgehead atoms. The number of aliphatic hydroxyl groups excluding tert-OH is 1. The number of likely N-dealkylation sites (N-methyl/N-ethyl adjacent to an activating group) is 1. The van der Waals surface area contributed by atoms with Crippen LogP contribution in [-0.2, 0) is 9.47 Å². The van der Waals surface area contributed by atoms with Crippen molar-refractivity contribution in [3.63, 3.8) is 0 Å². The molecule has 4 heteroatoms. The third-order valence-corrected chi connectivity index (χ3v) is 2.07. The fourth-order valence-electron chi connectivity index (χ4n) is 1.33. The van der Waals surface area contributed by atoms with Crippen molar-refractivity contribution in [2.24, 2.45) is 0 Å². The van der Waals surface area contributed by atoms with Gasteiger partial charge in [0.1, 0.15) is 6.23 Å². The molecule has 0 aromatic heterocycles. The van der Waals surface area contributed by atoms with Crippen LogP contribution in [0, 0.1) is 0 Å². The van der Waals surface area contributed by atoms with Gasteiger partial charge in [0.25, 0.3) is 0 Å². The molecular weight excluding hydrogens is 182 g/mol. The summed E-state index contributed by atoms with van der Waals surface area (Å²) >= 11 is 0. The summed E-state index contributed by atoms with van der Waals surface area (Å²) in [6, 6.07) is 0. The smallest absolute Gasteiger partial charge is 0.134 e. The Morgan fingerprint density at radius 1 is 1.21 bits per heavy atom. The van der Waals surface area contributed by atoms with Gasteiger partial charge >= 0.3 is 0 Å². The van der Waals surface area contributed by atoms with Gasteiger partial charge in [-0.25, -0.2) is 0 Å². The SMILES string of the molecule is CCOC(COCCO)N(CC)CC. The van der Waals surface area contributed by atoms with Gasteiger partial charge in [0.15, 0.2) is 0 Å². The van der Waals surface area contributed by atoms with Crippen LogP contribution in [0.1, 0.15) is 20.8 Å². The number of hydrogen-bond donors (Lipinski definition) is 1. The van der Waals surface area contributed by atoms with E-state index in [1.807, 2.05) is 6.92 Å². The van der Waals surface area contributed by atoms with Crippen molar-refractivity contribution < 1.29 is 14.6 Å². The maximum absolute atomic E-state index is 8.58. The molecule has 0 radical (unpaired) electrons. The molecule has 0 fully saturated rings. The molecule has 0 rings (SSSR count). The number of aliphatic hydroxyl groups is 1. The highest BCUT2D eigenvalue weighted by molar-refractivity contribution is 4.59. The van der Waals surface area contributed by atoms with Crippen LogP contribution in [0.15, 0.2) is 0 Å². The molecule has 0 saturated heterocycles. The van der Waals surface area contributed by atoms with Crippen LogP contribution >= 0.6 is 0 Å². The molecule has 1 atom stereocenters. The molecule has 0 aromatic carbocycles. The Kier molecular flexibility index (Phi) is 9.29. The van der Waals surface area contributed by atoms with Gasteiger partial charge in [0.2, 0.25) is 0 Å². The normalized spacial score (nSPS) is 13.5. The summed E-state index contributed by atoms with van der Waals surface area (Å²) in [7, 11) is 0. The van der Waals surface area contributed by atoms with Gasteiger partial charge in [-0.2, -0.15) is 0 Å². The summed E-state index contributed by atoms with van der Waals surface area (Å²) in [5, 5.41) is 8.58. The first-order chi connectivity index (χ1) is 6.79. The lowest BCUT2D eigenvalue weighted by Crippen LogP contribution is -2.40. The van der Waals surface area contributed by atoms with E-state index in [-0.39, 0.29) is 12.8 Å². The first kappa shape index (κ1) is 13.8. The van der Waals surface area contributed by atoms with Gasteiger partial charge in [-0.05, 0) is 20.0 Å². The standard InChI is InChI=1S/C10H23NO3/c1-4-11(5-2)10(14-6-3)9-13-8-7-12/h10,12H,4-9H2,1-3H3. The van der Waals surface area contributed by atoms with Crippen LogP contribution in [-0.4, -0.2) is 55.8 Å². The van der Waals surface area contributed by atoms with E-state index in [1.165, 1.54) is 0 Å². The van der Waals surface area contributed by atoms with E-state index in [9.17, 15) is 0 Å². The fourth-order valence-corrected chi connectivity index (χ4v) is 1.33. The Balaban J connectivity index is 3.85. The molecule has 1 unspecified atom stereocenters. The molecule has 0 aliphatic rings. The first-order valence-corrected chi connectivity index (χ1v) is 5.34. The Morgan fingerprint density at radius 2 is 1.86 bits per heavy atom. The molecule has 0 amide bonds. The molecule has 4 nitrogen and oxygen atoms in total. The summed E-state index contributed by atoms with van der Waals surface area (Å²) in [6.07, 6.45) is 0.0153. The maximum Gasteiger partial charge on any atom is 0.134 e. The van der Waals surface area contributed by atoms with Gasteiger partial charge in [-0.3, -0.25) is 4.90 Å².